The van der Waals surface area contributed by atoms with Crippen LogP contribution in [0.4, 0.5) is 4.39 Å². The molecule has 0 spiro atoms. The lowest BCUT2D eigenvalue weighted by Crippen LogP contribution is -2.40. The standard InChI is InChI=1S/C20H16BrFN4O3/c1-24-16-17(23-19(24)29-14-9-7-13(21)8-10-14)25(2)20(28)26(18(16)27)11-12-5-3-4-6-15(12)22/h3-10H,11H2,1-2H3. The Morgan fingerprint density at radius 3 is 2.41 bits per heavy atom. The van der Waals surface area contributed by atoms with Crippen molar-refractivity contribution in [1.29, 1.82) is 0 Å². The number of fused-ring (bicyclic) bond motifs is 1. The van der Waals surface area contributed by atoms with Gasteiger partial charge in [-0.1, -0.05) is 34.1 Å². The fourth-order valence-corrected chi connectivity index (χ4v) is 3.32. The average Bonchev–Trinajstić information content (AvgIpc) is 3.03. The van der Waals surface area contributed by atoms with E-state index >= 15 is 0 Å². The van der Waals surface area contributed by atoms with Gasteiger partial charge in [0.15, 0.2) is 11.2 Å². The van der Waals surface area contributed by atoms with E-state index < -0.39 is 17.1 Å². The molecule has 0 fully saturated rings. The molecule has 7 nitrogen and oxygen atoms in total. The lowest BCUT2D eigenvalue weighted by atomic mass is 10.2. The Kier molecular flexibility index (Phi) is 4.83. The third-order valence-electron chi connectivity index (χ3n) is 4.63. The summed E-state index contributed by atoms with van der Waals surface area (Å²) in [5.74, 6) is 0.0501. The van der Waals surface area contributed by atoms with Gasteiger partial charge in [-0.2, -0.15) is 4.98 Å². The molecule has 2 aromatic carbocycles. The monoisotopic (exact) mass is 458 g/mol. The Labute approximate surface area is 172 Å². The molecule has 0 N–H and O–H groups in total. The smallest absolute Gasteiger partial charge is 0.332 e. The molecule has 0 amide bonds. The van der Waals surface area contributed by atoms with Gasteiger partial charge in [0.2, 0.25) is 0 Å². The predicted octanol–water partition coefficient (Wildman–Crippen LogP) is 3.18. The number of imidazole rings is 1. The Hall–Kier alpha value is -3.20. The van der Waals surface area contributed by atoms with Crippen molar-refractivity contribution in [3.05, 3.63) is 85.2 Å². The fraction of sp³-hybridized carbons (Fsp3) is 0.150. The van der Waals surface area contributed by atoms with Crippen LogP contribution in [-0.4, -0.2) is 18.7 Å². The van der Waals surface area contributed by atoms with E-state index in [4.69, 9.17) is 4.74 Å². The van der Waals surface area contributed by atoms with Crippen molar-refractivity contribution in [3.8, 4) is 11.8 Å². The van der Waals surface area contributed by atoms with Crippen LogP contribution in [0.3, 0.4) is 0 Å². The summed E-state index contributed by atoms with van der Waals surface area (Å²) in [5, 5.41) is 0. The summed E-state index contributed by atoms with van der Waals surface area (Å²) in [6.45, 7) is -0.178. The molecule has 0 aliphatic carbocycles. The van der Waals surface area contributed by atoms with Gasteiger partial charge in [-0.15, -0.1) is 0 Å². The molecule has 0 radical (unpaired) electrons. The summed E-state index contributed by atoms with van der Waals surface area (Å²) >= 11 is 3.36. The van der Waals surface area contributed by atoms with Gasteiger partial charge >= 0.3 is 11.7 Å². The third kappa shape index (κ3) is 3.38. The molecule has 0 unspecified atom stereocenters. The highest BCUT2D eigenvalue weighted by atomic mass is 79.9. The number of aromatic nitrogens is 4. The van der Waals surface area contributed by atoms with Crippen molar-refractivity contribution < 1.29 is 9.13 Å². The van der Waals surface area contributed by atoms with Gasteiger partial charge in [-0.05, 0) is 30.3 Å². The first kappa shape index (κ1) is 19.1. The average molecular weight is 459 g/mol. The molecule has 2 heterocycles. The van der Waals surface area contributed by atoms with Crippen LogP contribution >= 0.6 is 15.9 Å². The Morgan fingerprint density at radius 1 is 1.03 bits per heavy atom. The zero-order valence-corrected chi connectivity index (χ0v) is 17.2. The second kappa shape index (κ2) is 7.32. The number of halogens is 2. The Morgan fingerprint density at radius 2 is 1.72 bits per heavy atom. The van der Waals surface area contributed by atoms with Crippen molar-refractivity contribution in [3.63, 3.8) is 0 Å². The first-order chi connectivity index (χ1) is 13.9. The fourth-order valence-electron chi connectivity index (χ4n) is 3.06. The van der Waals surface area contributed by atoms with E-state index in [1.807, 2.05) is 12.1 Å². The largest absolute Gasteiger partial charge is 0.425 e. The van der Waals surface area contributed by atoms with E-state index in [2.05, 4.69) is 20.9 Å². The molecule has 0 aliphatic heterocycles. The first-order valence-corrected chi connectivity index (χ1v) is 9.49. The molecular formula is C20H16BrFN4O3. The zero-order chi connectivity index (χ0) is 20.7. The lowest BCUT2D eigenvalue weighted by Gasteiger charge is -2.09. The van der Waals surface area contributed by atoms with Crippen LogP contribution < -0.4 is 16.0 Å². The van der Waals surface area contributed by atoms with Crippen molar-refractivity contribution in [2.75, 3.05) is 0 Å². The maximum Gasteiger partial charge on any atom is 0.332 e. The molecule has 0 aliphatic rings. The van der Waals surface area contributed by atoms with Gasteiger partial charge in [-0.3, -0.25) is 18.5 Å². The molecule has 0 bridgehead atoms. The van der Waals surface area contributed by atoms with E-state index in [9.17, 15) is 14.0 Å². The molecule has 0 saturated heterocycles. The van der Waals surface area contributed by atoms with E-state index in [1.54, 1.807) is 31.3 Å². The van der Waals surface area contributed by atoms with Gasteiger partial charge < -0.3 is 4.74 Å². The first-order valence-electron chi connectivity index (χ1n) is 8.70. The SMILES string of the molecule is Cn1c(Oc2ccc(Br)cc2)nc2c1c(=O)n(Cc1ccccc1F)c(=O)n2C. The summed E-state index contributed by atoms with van der Waals surface area (Å²) in [4.78, 5) is 30.1. The number of hydrogen-bond donors (Lipinski definition) is 0. The molecule has 4 rings (SSSR count). The van der Waals surface area contributed by atoms with Crippen LogP contribution in [0.25, 0.3) is 11.2 Å². The Balaban J connectivity index is 1.85. The predicted molar refractivity (Wildman–Crippen MR) is 110 cm³/mol. The van der Waals surface area contributed by atoms with Gasteiger partial charge in [0.05, 0.1) is 6.54 Å². The highest BCUT2D eigenvalue weighted by Gasteiger charge is 2.20. The summed E-state index contributed by atoms with van der Waals surface area (Å²) in [7, 11) is 3.14. The highest BCUT2D eigenvalue weighted by Crippen LogP contribution is 2.24. The summed E-state index contributed by atoms with van der Waals surface area (Å²) in [6, 6.07) is 13.3. The number of ether oxygens (including phenoxy) is 1. The van der Waals surface area contributed by atoms with Crippen LogP contribution in [0.1, 0.15) is 5.56 Å². The second-order valence-electron chi connectivity index (χ2n) is 6.51. The third-order valence-corrected chi connectivity index (χ3v) is 5.16. The number of nitrogens with zero attached hydrogens (tertiary/aromatic N) is 4. The normalized spacial score (nSPS) is 11.2. The van der Waals surface area contributed by atoms with Crippen LogP contribution in [0.5, 0.6) is 11.8 Å². The number of hydrogen-bond acceptors (Lipinski definition) is 4. The van der Waals surface area contributed by atoms with Crippen molar-refractivity contribution >= 4 is 27.1 Å². The molecule has 0 atom stereocenters. The van der Waals surface area contributed by atoms with E-state index in [1.165, 1.54) is 28.3 Å². The maximum atomic E-state index is 14.0. The van der Waals surface area contributed by atoms with Crippen LogP contribution in [0.2, 0.25) is 0 Å². The second-order valence-corrected chi connectivity index (χ2v) is 7.42. The number of aryl methyl sites for hydroxylation is 2. The van der Waals surface area contributed by atoms with Gasteiger partial charge in [0, 0.05) is 24.1 Å². The van der Waals surface area contributed by atoms with E-state index in [0.717, 1.165) is 9.04 Å². The van der Waals surface area contributed by atoms with Crippen LogP contribution in [-0.2, 0) is 20.6 Å². The highest BCUT2D eigenvalue weighted by molar-refractivity contribution is 9.10. The van der Waals surface area contributed by atoms with Crippen molar-refractivity contribution in [2.45, 2.75) is 6.54 Å². The minimum absolute atomic E-state index is 0.165. The van der Waals surface area contributed by atoms with E-state index in [0.29, 0.717) is 5.75 Å². The minimum Gasteiger partial charge on any atom is -0.425 e. The van der Waals surface area contributed by atoms with Crippen molar-refractivity contribution in [1.82, 2.24) is 18.7 Å². The maximum absolute atomic E-state index is 14.0. The van der Waals surface area contributed by atoms with Crippen LogP contribution in [0.15, 0.2) is 62.6 Å². The van der Waals surface area contributed by atoms with Crippen LogP contribution in [0, 0.1) is 5.82 Å². The van der Waals surface area contributed by atoms with Gasteiger partial charge in [0.1, 0.15) is 11.6 Å². The van der Waals surface area contributed by atoms with Gasteiger partial charge in [-0.25, -0.2) is 9.18 Å². The molecule has 9 heteroatoms. The quantitative estimate of drug-likeness (QED) is 0.470. The van der Waals surface area contributed by atoms with E-state index in [-0.39, 0.29) is 29.3 Å². The molecule has 2 aromatic heterocycles. The number of benzene rings is 2. The molecular weight excluding hydrogens is 443 g/mol. The molecule has 148 valence electrons. The number of rotatable bonds is 4. The summed E-state index contributed by atoms with van der Waals surface area (Å²) < 4.78 is 24.5. The van der Waals surface area contributed by atoms with Gasteiger partial charge in [0.25, 0.3) is 5.56 Å². The molecule has 29 heavy (non-hydrogen) atoms. The minimum atomic E-state index is -0.584. The summed E-state index contributed by atoms with van der Waals surface area (Å²) in [6.07, 6.45) is 0. The molecule has 0 saturated carbocycles. The van der Waals surface area contributed by atoms with Crippen molar-refractivity contribution in [2.24, 2.45) is 14.1 Å². The zero-order valence-electron chi connectivity index (χ0n) is 15.6. The Bertz CT molecular complexity index is 1340. The summed E-state index contributed by atoms with van der Waals surface area (Å²) in [5.41, 5.74) is -0.513. The molecule has 4 aromatic rings. The lowest BCUT2D eigenvalue weighted by molar-refractivity contribution is 0.427. The topological polar surface area (TPSA) is 71.1 Å².